The summed E-state index contributed by atoms with van der Waals surface area (Å²) in [6.07, 6.45) is 2.18. The lowest BCUT2D eigenvalue weighted by atomic mass is 10.1. The predicted octanol–water partition coefficient (Wildman–Crippen LogP) is 5.64. The van der Waals surface area contributed by atoms with Crippen molar-refractivity contribution in [2.75, 3.05) is 40.4 Å². The fraction of sp³-hybridized carbons (Fsp3) is 0.212. The number of imidazole rings is 1. The van der Waals surface area contributed by atoms with Crippen LogP contribution in [0.2, 0.25) is 0 Å². The quantitative estimate of drug-likeness (QED) is 0.271. The number of rotatable bonds is 7. The van der Waals surface area contributed by atoms with Crippen molar-refractivity contribution in [3.63, 3.8) is 0 Å². The molecule has 0 radical (unpaired) electrons. The highest BCUT2D eigenvalue weighted by Gasteiger charge is 2.25. The van der Waals surface area contributed by atoms with E-state index in [2.05, 4.69) is 64.0 Å². The highest BCUT2D eigenvalue weighted by molar-refractivity contribution is 5.94. The molecule has 1 amide bonds. The van der Waals surface area contributed by atoms with Gasteiger partial charge in [-0.15, -0.1) is 0 Å². The van der Waals surface area contributed by atoms with Gasteiger partial charge in [0.05, 0.1) is 25.6 Å². The third-order valence-electron chi connectivity index (χ3n) is 7.56. The Morgan fingerprint density at radius 2 is 1.35 bits per heavy atom. The van der Waals surface area contributed by atoms with Gasteiger partial charge in [-0.3, -0.25) is 9.69 Å². The van der Waals surface area contributed by atoms with E-state index in [0.29, 0.717) is 18.7 Å². The number of fused-ring (bicyclic) bond motifs is 1. The second kappa shape index (κ2) is 11.2. The summed E-state index contributed by atoms with van der Waals surface area (Å²) in [5, 5.41) is 0. The number of piperazine rings is 1. The fourth-order valence-electron chi connectivity index (χ4n) is 5.26. The molecule has 5 aromatic rings. The Morgan fingerprint density at radius 3 is 2.00 bits per heavy atom. The van der Waals surface area contributed by atoms with E-state index in [4.69, 9.17) is 14.5 Å². The topological polar surface area (TPSA) is 59.3 Å². The second-order valence-corrected chi connectivity index (χ2v) is 9.94. The summed E-state index contributed by atoms with van der Waals surface area (Å²) in [6.45, 7) is 3.65. The summed E-state index contributed by atoms with van der Waals surface area (Å²) < 4.78 is 12.8. The first kappa shape index (κ1) is 25.6. The van der Waals surface area contributed by atoms with Gasteiger partial charge in [0.2, 0.25) is 0 Å². The molecule has 2 aromatic heterocycles. The van der Waals surface area contributed by atoms with Gasteiger partial charge in [0.1, 0.15) is 17.1 Å². The van der Waals surface area contributed by atoms with Crippen LogP contribution < -0.4 is 9.47 Å². The van der Waals surface area contributed by atoms with Crippen LogP contribution in [0.25, 0.3) is 28.0 Å². The van der Waals surface area contributed by atoms with Crippen molar-refractivity contribution in [1.82, 2.24) is 19.2 Å². The van der Waals surface area contributed by atoms with Crippen molar-refractivity contribution >= 4 is 11.6 Å². The van der Waals surface area contributed by atoms with Crippen molar-refractivity contribution in [3.05, 3.63) is 108 Å². The van der Waals surface area contributed by atoms with E-state index in [0.717, 1.165) is 59.3 Å². The molecule has 7 heteroatoms. The van der Waals surface area contributed by atoms with E-state index >= 15 is 0 Å². The van der Waals surface area contributed by atoms with E-state index in [1.165, 1.54) is 5.56 Å². The Labute approximate surface area is 234 Å². The molecule has 3 heterocycles. The molecule has 0 unspecified atom stereocenters. The van der Waals surface area contributed by atoms with E-state index in [1.807, 2.05) is 47.4 Å². The largest absolute Gasteiger partial charge is 0.497 e. The predicted molar refractivity (Wildman–Crippen MR) is 157 cm³/mol. The summed E-state index contributed by atoms with van der Waals surface area (Å²) >= 11 is 0. The molecule has 1 fully saturated rings. The van der Waals surface area contributed by atoms with Crippen LogP contribution in [-0.2, 0) is 6.54 Å². The summed E-state index contributed by atoms with van der Waals surface area (Å²) in [5.74, 6) is 1.62. The Kier molecular flexibility index (Phi) is 7.21. The standard InChI is InChI=1S/C33H32N4O3/c1-39-28-13-8-25(9-14-28)32-30(37-22-27(12-17-31(37)34-32)24-6-4-3-5-7-24)23-35-18-20-36(21-19-35)33(38)26-10-15-29(40-2)16-11-26/h3-17,22H,18-21,23H2,1-2H3. The smallest absolute Gasteiger partial charge is 0.253 e. The van der Waals surface area contributed by atoms with E-state index in [1.54, 1.807) is 14.2 Å². The van der Waals surface area contributed by atoms with Gasteiger partial charge in [-0.2, -0.15) is 0 Å². The van der Waals surface area contributed by atoms with Gasteiger partial charge in [-0.1, -0.05) is 30.3 Å². The first-order valence-corrected chi connectivity index (χ1v) is 13.5. The van der Waals surface area contributed by atoms with Crippen molar-refractivity contribution in [1.29, 1.82) is 0 Å². The van der Waals surface area contributed by atoms with Crippen LogP contribution in [0.5, 0.6) is 11.5 Å². The van der Waals surface area contributed by atoms with Crippen LogP contribution in [0, 0.1) is 0 Å². The number of benzene rings is 3. The third-order valence-corrected chi connectivity index (χ3v) is 7.56. The van der Waals surface area contributed by atoms with Gasteiger partial charge >= 0.3 is 0 Å². The lowest BCUT2D eigenvalue weighted by Gasteiger charge is -2.34. The molecule has 0 atom stereocenters. The Morgan fingerprint density at radius 1 is 0.725 bits per heavy atom. The summed E-state index contributed by atoms with van der Waals surface area (Å²) in [5.41, 5.74) is 7.05. The number of methoxy groups -OCH3 is 2. The van der Waals surface area contributed by atoms with Gasteiger partial charge in [-0.05, 0) is 71.8 Å². The first-order chi connectivity index (χ1) is 19.6. The van der Waals surface area contributed by atoms with Gasteiger partial charge in [0.15, 0.2) is 0 Å². The molecular formula is C33H32N4O3. The minimum Gasteiger partial charge on any atom is -0.497 e. The van der Waals surface area contributed by atoms with Crippen LogP contribution in [-0.4, -0.2) is 65.5 Å². The number of carbonyl (C=O) groups excluding carboxylic acids is 1. The minimum atomic E-state index is 0.0588. The number of aromatic nitrogens is 2. The average molecular weight is 533 g/mol. The second-order valence-electron chi connectivity index (χ2n) is 9.94. The normalized spacial score (nSPS) is 13.9. The Hall–Kier alpha value is -4.62. The number of amides is 1. The number of ether oxygens (including phenoxy) is 2. The zero-order valence-corrected chi connectivity index (χ0v) is 22.8. The Balaban J connectivity index is 1.27. The fourth-order valence-corrected chi connectivity index (χ4v) is 5.26. The molecule has 202 valence electrons. The number of carbonyl (C=O) groups is 1. The van der Waals surface area contributed by atoms with Crippen LogP contribution in [0.3, 0.4) is 0 Å². The van der Waals surface area contributed by atoms with Crippen LogP contribution in [0.1, 0.15) is 16.1 Å². The van der Waals surface area contributed by atoms with Gasteiger partial charge in [0, 0.05) is 50.0 Å². The molecular weight excluding hydrogens is 500 g/mol. The molecule has 40 heavy (non-hydrogen) atoms. The molecule has 1 aliphatic heterocycles. The molecule has 6 rings (SSSR count). The molecule has 3 aromatic carbocycles. The zero-order valence-electron chi connectivity index (χ0n) is 22.8. The number of pyridine rings is 1. The number of hydrogen-bond donors (Lipinski definition) is 0. The maximum absolute atomic E-state index is 13.1. The first-order valence-electron chi connectivity index (χ1n) is 13.5. The van der Waals surface area contributed by atoms with Crippen LogP contribution in [0.15, 0.2) is 97.2 Å². The Bertz CT molecular complexity index is 1600. The van der Waals surface area contributed by atoms with Gasteiger partial charge in [-0.25, -0.2) is 4.98 Å². The van der Waals surface area contributed by atoms with Crippen molar-refractivity contribution in [2.45, 2.75) is 6.54 Å². The average Bonchev–Trinajstić information content (AvgIpc) is 3.39. The van der Waals surface area contributed by atoms with Crippen LogP contribution in [0.4, 0.5) is 0 Å². The maximum Gasteiger partial charge on any atom is 0.253 e. The highest BCUT2D eigenvalue weighted by Crippen LogP contribution is 2.30. The van der Waals surface area contributed by atoms with Gasteiger partial charge in [0.25, 0.3) is 5.91 Å². The van der Waals surface area contributed by atoms with E-state index in [-0.39, 0.29) is 5.91 Å². The summed E-state index contributed by atoms with van der Waals surface area (Å²) in [4.78, 5) is 22.5. The highest BCUT2D eigenvalue weighted by atomic mass is 16.5. The third kappa shape index (κ3) is 5.16. The molecule has 0 saturated carbocycles. The SMILES string of the molecule is COc1ccc(C(=O)N2CCN(Cc3c(-c4ccc(OC)cc4)nc4ccc(-c5ccccc5)cn34)CC2)cc1. The van der Waals surface area contributed by atoms with Crippen LogP contribution >= 0.6 is 0 Å². The number of hydrogen-bond acceptors (Lipinski definition) is 5. The molecule has 0 N–H and O–H groups in total. The van der Waals surface area contributed by atoms with Crippen molar-refractivity contribution < 1.29 is 14.3 Å². The molecule has 0 spiro atoms. The van der Waals surface area contributed by atoms with Gasteiger partial charge < -0.3 is 18.8 Å². The molecule has 0 bridgehead atoms. The monoisotopic (exact) mass is 532 g/mol. The molecule has 1 aliphatic rings. The number of nitrogens with zero attached hydrogens (tertiary/aromatic N) is 4. The molecule has 0 aliphatic carbocycles. The lowest BCUT2D eigenvalue weighted by Crippen LogP contribution is -2.48. The maximum atomic E-state index is 13.1. The molecule has 7 nitrogen and oxygen atoms in total. The summed E-state index contributed by atoms with van der Waals surface area (Å²) in [6, 6.07) is 30.0. The van der Waals surface area contributed by atoms with E-state index in [9.17, 15) is 4.79 Å². The zero-order chi connectivity index (χ0) is 27.5. The van der Waals surface area contributed by atoms with Crippen molar-refractivity contribution in [2.24, 2.45) is 0 Å². The van der Waals surface area contributed by atoms with Crippen molar-refractivity contribution in [3.8, 4) is 33.9 Å². The minimum absolute atomic E-state index is 0.0588. The van der Waals surface area contributed by atoms with E-state index < -0.39 is 0 Å². The lowest BCUT2D eigenvalue weighted by molar-refractivity contribution is 0.0627. The summed E-state index contributed by atoms with van der Waals surface area (Å²) in [7, 11) is 3.30. The molecule has 1 saturated heterocycles.